The van der Waals surface area contributed by atoms with Gasteiger partial charge in [0.1, 0.15) is 11.1 Å². The number of aryl methyl sites for hydroxylation is 1. The zero-order valence-corrected chi connectivity index (χ0v) is 18.0. The highest BCUT2D eigenvalue weighted by atomic mass is 32.2. The Morgan fingerprint density at radius 1 is 1.41 bits per heavy atom. The van der Waals surface area contributed by atoms with Crippen LogP contribution in [0.3, 0.4) is 0 Å². The van der Waals surface area contributed by atoms with Crippen molar-refractivity contribution in [3.63, 3.8) is 0 Å². The average molecular weight is 433 g/mol. The Labute approximate surface area is 178 Å². The van der Waals surface area contributed by atoms with Crippen molar-refractivity contribution in [3.8, 4) is 6.07 Å². The van der Waals surface area contributed by atoms with E-state index in [0.29, 0.717) is 22.3 Å². The fourth-order valence-corrected chi connectivity index (χ4v) is 5.79. The molecular weight excluding hydrogens is 408 g/mol. The molecule has 10 heteroatoms. The van der Waals surface area contributed by atoms with E-state index < -0.39 is 5.25 Å². The molecule has 2 aromatic heterocycles. The number of hydrogen-bond donors (Lipinski definition) is 1. The van der Waals surface area contributed by atoms with Crippen LogP contribution >= 0.6 is 23.1 Å². The van der Waals surface area contributed by atoms with Crippen molar-refractivity contribution in [2.75, 3.05) is 11.9 Å². The van der Waals surface area contributed by atoms with Crippen molar-refractivity contribution in [1.29, 1.82) is 5.26 Å². The van der Waals surface area contributed by atoms with E-state index in [9.17, 15) is 10.1 Å². The fourth-order valence-electron chi connectivity index (χ4n) is 3.75. The molecule has 1 aliphatic heterocycles. The summed E-state index contributed by atoms with van der Waals surface area (Å²) in [4.78, 5) is 14.1. The maximum atomic E-state index is 12.8. The van der Waals surface area contributed by atoms with Crippen molar-refractivity contribution >= 4 is 34.0 Å². The Hall–Kier alpha value is -1.96. The summed E-state index contributed by atoms with van der Waals surface area (Å²) in [7, 11) is 0. The summed E-state index contributed by atoms with van der Waals surface area (Å²) in [6.45, 7) is 3.20. The van der Waals surface area contributed by atoms with Gasteiger partial charge in [0.15, 0.2) is 0 Å². The maximum Gasteiger partial charge on any atom is 0.238 e. The molecule has 0 radical (unpaired) electrons. The molecule has 0 bridgehead atoms. The second kappa shape index (κ2) is 9.24. The quantitative estimate of drug-likeness (QED) is 0.552. The summed E-state index contributed by atoms with van der Waals surface area (Å²) in [5.74, 6) is -0.144. The van der Waals surface area contributed by atoms with E-state index >= 15 is 0 Å². The largest absolute Gasteiger partial charge is 0.376 e. The second-order valence-corrected chi connectivity index (χ2v) is 9.82. The molecule has 1 saturated heterocycles. The number of hydrogen-bond acceptors (Lipinski definition) is 8. The number of nitriles is 1. The standard InChI is InChI=1S/C19H24N6O2S2/c1-12(28-19-22-23-24-25(19)11-13-6-5-9-27-13)17(26)21-18-15(10-20)14-7-3-2-4-8-16(14)29-18/h12-13H,2-9,11H2,1H3,(H,21,26). The van der Waals surface area contributed by atoms with Gasteiger partial charge in [-0.25, -0.2) is 4.68 Å². The van der Waals surface area contributed by atoms with Crippen molar-refractivity contribution in [2.45, 2.75) is 74.9 Å². The van der Waals surface area contributed by atoms with Gasteiger partial charge in [0.2, 0.25) is 11.1 Å². The zero-order chi connectivity index (χ0) is 20.2. The third kappa shape index (κ3) is 4.63. The van der Waals surface area contributed by atoms with E-state index in [4.69, 9.17) is 4.74 Å². The monoisotopic (exact) mass is 432 g/mol. The highest BCUT2D eigenvalue weighted by molar-refractivity contribution is 8.00. The lowest BCUT2D eigenvalue weighted by molar-refractivity contribution is -0.115. The van der Waals surface area contributed by atoms with Crippen LogP contribution in [0.5, 0.6) is 0 Å². The lowest BCUT2D eigenvalue weighted by Crippen LogP contribution is -2.23. The third-order valence-electron chi connectivity index (χ3n) is 5.32. The molecule has 29 heavy (non-hydrogen) atoms. The van der Waals surface area contributed by atoms with E-state index in [1.165, 1.54) is 23.1 Å². The van der Waals surface area contributed by atoms with E-state index in [0.717, 1.165) is 50.7 Å². The highest BCUT2D eigenvalue weighted by Crippen LogP contribution is 2.37. The summed E-state index contributed by atoms with van der Waals surface area (Å²) < 4.78 is 7.36. The van der Waals surface area contributed by atoms with Crippen LogP contribution in [0.1, 0.15) is 55.0 Å². The number of aromatic nitrogens is 4. The number of carbonyl (C=O) groups excluding carboxylic acids is 1. The minimum absolute atomic E-state index is 0.127. The molecule has 1 amide bonds. The van der Waals surface area contributed by atoms with Gasteiger partial charge in [0, 0.05) is 11.5 Å². The van der Waals surface area contributed by atoms with Gasteiger partial charge in [-0.15, -0.1) is 16.4 Å². The lowest BCUT2D eigenvalue weighted by Gasteiger charge is -2.13. The lowest BCUT2D eigenvalue weighted by atomic mass is 10.1. The summed E-state index contributed by atoms with van der Waals surface area (Å²) in [6, 6.07) is 2.31. The van der Waals surface area contributed by atoms with Crippen LogP contribution in [-0.2, 0) is 28.9 Å². The predicted octanol–water partition coefficient (Wildman–Crippen LogP) is 3.17. The minimum atomic E-state index is -0.391. The van der Waals surface area contributed by atoms with Gasteiger partial charge in [-0.1, -0.05) is 18.2 Å². The topological polar surface area (TPSA) is 106 Å². The number of carbonyl (C=O) groups is 1. The van der Waals surface area contributed by atoms with Crippen LogP contribution in [-0.4, -0.2) is 44.1 Å². The van der Waals surface area contributed by atoms with Crippen LogP contribution in [0, 0.1) is 11.3 Å². The highest BCUT2D eigenvalue weighted by Gasteiger charge is 2.25. The van der Waals surface area contributed by atoms with Gasteiger partial charge in [-0.2, -0.15) is 5.26 Å². The number of anilines is 1. The smallest absolute Gasteiger partial charge is 0.238 e. The molecule has 3 heterocycles. The molecule has 1 N–H and O–H groups in total. The number of thioether (sulfide) groups is 1. The Morgan fingerprint density at radius 2 is 2.28 bits per heavy atom. The van der Waals surface area contributed by atoms with Crippen LogP contribution in [0.4, 0.5) is 5.00 Å². The van der Waals surface area contributed by atoms with Gasteiger partial charge in [0.05, 0.1) is 23.5 Å². The van der Waals surface area contributed by atoms with Crippen LogP contribution in [0.25, 0.3) is 0 Å². The number of thiophene rings is 1. The van der Waals surface area contributed by atoms with E-state index in [2.05, 4.69) is 26.9 Å². The fraction of sp³-hybridized carbons (Fsp3) is 0.632. The molecule has 4 rings (SSSR count). The van der Waals surface area contributed by atoms with Crippen molar-refractivity contribution in [1.82, 2.24) is 20.2 Å². The Bertz CT molecular complexity index is 912. The van der Waals surface area contributed by atoms with Gasteiger partial charge in [-0.05, 0) is 61.4 Å². The van der Waals surface area contributed by atoms with Crippen molar-refractivity contribution in [3.05, 3.63) is 16.0 Å². The number of amides is 1. The maximum absolute atomic E-state index is 12.8. The van der Waals surface area contributed by atoms with Gasteiger partial charge in [-0.3, -0.25) is 4.79 Å². The minimum Gasteiger partial charge on any atom is -0.376 e. The summed E-state index contributed by atoms with van der Waals surface area (Å²) in [5.41, 5.74) is 1.77. The Balaban J connectivity index is 1.42. The average Bonchev–Trinajstić information content (AvgIpc) is 3.41. The number of nitrogens with zero attached hydrogens (tertiary/aromatic N) is 5. The molecule has 1 aliphatic carbocycles. The van der Waals surface area contributed by atoms with Gasteiger partial charge >= 0.3 is 0 Å². The molecule has 8 nitrogen and oxygen atoms in total. The first kappa shape index (κ1) is 20.3. The molecule has 2 aliphatic rings. The van der Waals surface area contributed by atoms with Gasteiger partial charge < -0.3 is 10.1 Å². The van der Waals surface area contributed by atoms with Crippen LogP contribution in [0.15, 0.2) is 5.16 Å². The second-order valence-electron chi connectivity index (χ2n) is 7.41. The van der Waals surface area contributed by atoms with E-state index in [1.807, 2.05) is 6.92 Å². The number of rotatable bonds is 6. The molecular formula is C19H24N6O2S2. The molecule has 0 saturated carbocycles. The molecule has 2 atom stereocenters. The first-order valence-corrected chi connectivity index (χ1v) is 11.7. The number of nitrogens with one attached hydrogen (secondary N) is 1. The molecule has 2 unspecified atom stereocenters. The predicted molar refractivity (Wildman–Crippen MR) is 111 cm³/mol. The molecule has 0 spiro atoms. The first-order chi connectivity index (χ1) is 14.2. The number of tetrazole rings is 1. The number of fused-ring (bicyclic) bond motifs is 1. The molecule has 154 valence electrons. The SMILES string of the molecule is CC(Sc1nnnn1CC1CCCO1)C(=O)Nc1sc2c(c1C#N)CCCCC2. The Morgan fingerprint density at radius 3 is 3.07 bits per heavy atom. The van der Waals surface area contributed by atoms with Crippen molar-refractivity contribution in [2.24, 2.45) is 0 Å². The molecule has 2 aromatic rings. The van der Waals surface area contributed by atoms with E-state index in [1.54, 1.807) is 16.0 Å². The van der Waals surface area contributed by atoms with Gasteiger partial charge in [0.25, 0.3) is 0 Å². The first-order valence-electron chi connectivity index (χ1n) is 10.1. The van der Waals surface area contributed by atoms with Crippen LogP contribution < -0.4 is 5.32 Å². The zero-order valence-electron chi connectivity index (χ0n) is 16.4. The van der Waals surface area contributed by atoms with E-state index in [-0.39, 0.29) is 12.0 Å². The summed E-state index contributed by atoms with van der Waals surface area (Å²) in [5, 5.41) is 25.4. The number of ether oxygens (including phenoxy) is 1. The molecule has 0 aromatic carbocycles. The molecule has 1 fully saturated rings. The van der Waals surface area contributed by atoms with Crippen molar-refractivity contribution < 1.29 is 9.53 Å². The summed E-state index contributed by atoms with van der Waals surface area (Å²) in [6.07, 6.45) is 7.54. The summed E-state index contributed by atoms with van der Waals surface area (Å²) >= 11 is 2.87. The Kier molecular flexibility index (Phi) is 6.47. The van der Waals surface area contributed by atoms with Crippen LogP contribution in [0.2, 0.25) is 0 Å². The third-order valence-corrected chi connectivity index (χ3v) is 7.60. The normalized spacial score (nSPS) is 19.9.